The Labute approximate surface area is 194 Å². The maximum atomic E-state index is 11.6. The van der Waals surface area contributed by atoms with E-state index in [0.717, 1.165) is 60.6 Å². The predicted octanol–water partition coefficient (Wildman–Crippen LogP) is 3.75. The smallest absolute Gasteiger partial charge is 0.159 e. The number of hydrogen-bond acceptors (Lipinski definition) is 6. The number of rotatable bonds is 5. The van der Waals surface area contributed by atoms with E-state index in [1.165, 1.54) is 0 Å². The Balaban J connectivity index is 1.37. The third-order valence-electron chi connectivity index (χ3n) is 7.26. The summed E-state index contributed by atoms with van der Waals surface area (Å²) in [4.78, 5) is 21.4. The maximum Gasteiger partial charge on any atom is 0.159 e. The van der Waals surface area contributed by atoms with Crippen LogP contribution in [0.15, 0.2) is 42.6 Å². The van der Waals surface area contributed by atoms with Crippen molar-refractivity contribution in [3.05, 3.63) is 53.7 Å². The van der Waals surface area contributed by atoms with E-state index in [1.54, 1.807) is 6.92 Å². The van der Waals surface area contributed by atoms with Gasteiger partial charge in [0.25, 0.3) is 0 Å². The molecule has 1 saturated carbocycles. The van der Waals surface area contributed by atoms with Crippen molar-refractivity contribution in [3.8, 4) is 6.07 Å². The summed E-state index contributed by atoms with van der Waals surface area (Å²) in [5, 5.41) is 13.9. The number of carbonyl (C=O) groups is 1. The van der Waals surface area contributed by atoms with Crippen LogP contribution < -0.4 is 15.1 Å². The zero-order chi connectivity index (χ0) is 23.1. The molecule has 3 aromatic rings. The topological polar surface area (TPSA) is 77.2 Å². The molecule has 0 bridgehead atoms. The molecule has 2 aliphatic rings. The molecule has 1 aromatic carbocycles. The number of aromatic nitrogens is 2. The van der Waals surface area contributed by atoms with Crippen LogP contribution >= 0.6 is 0 Å². The van der Waals surface area contributed by atoms with Gasteiger partial charge in [0.1, 0.15) is 17.5 Å². The zero-order valence-electron chi connectivity index (χ0n) is 19.5. The summed E-state index contributed by atoms with van der Waals surface area (Å²) >= 11 is 0. The van der Waals surface area contributed by atoms with E-state index in [1.807, 2.05) is 37.5 Å². The van der Waals surface area contributed by atoms with Crippen molar-refractivity contribution in [2.75, 3.05) is 36.5 Å². The van der Waals surface area contributed by atoms with Crippen molar-refractivity contribution in [2.24, 2.45) is 0 Å². The van der Waals surface area contributed by atoms with E-state index in [0.29, 0.717) is 17.6 Å². The number of pyridine rings is 1. The first-order chi connectivity index (χ1) is 16.0. The standard InChI is InChI=1S/C26H30N6O/c1-17-15-30(22-6-4-19(5-7-22)18(2)33)10-11-31(17)25-9-8-24-20(14-27)16-32(26(24)29-25)23-12-21(13-23)28-3/h4-9,16-17,21,23,28H,10-13,15H2,1-3H3/t17-,21?,23?/m1/s1. The molecule has 33 heavy (non-hydrogen) atoms. The Kier molecular flexibility index (Phi) is 5.55. The molecule has 1 aliphatic carbocycles. The number of nitriles is 1. The zero-order valence-corrected chi connectivity index (χ0v) is 19.5. The maximum absolute atomic E-state index is 11.6. The number of carbonyl (C=O) groups excluding carboxylic acids is 1. The minimum absolute atomic E-state index is 0.0916. The lowest BCUT2D eigenvalue weighted by Gasteiger charge is -2.42. The number of piperazine rings is 1. The fourth-order valence-electron chi connectivity index (χ4n) is 5.13. The summed E-state index contributed by atoms with van der Waals surface area (Å²) < 4.78 is 2.21. The number of nitrogens with zero attached hydrogens (tertiary/aromatic N) is 5. The van der Waals surface area contributed by atoms with Gasteiger partial charge in [-0.3, -0.25) is 4.79 Å². The lowest BCUT2D eigenvalue weighted by molar-refractivity contribution is 0.101. The monoisotopic (exact) mass is 442 g/mol. The molecule has 3 heterocycles. The lowest BCUT2D eigenvalue weighted by Crippen LogP contribution is -2.52. The van der Waals surface area contributed by atoms with E-state index in [-0.39, 0.29) is 11.8 Å². The highest BCUT2D eigenvalue weighted by molar-refractivity contribution is 5.94. The Bertz CT molecular complexity index is 1220. The van der Waals surface area contributed by atoms with Crippen LogP contribution in [0.25, 0.3) is 11.0 Å². The molecule has 1 aliphatic heterocycles. The Hall–Kier alpha value is -3.37. The molecular formula is C26H30N6O. The van der Waals surface area contributed by atoms with Crippen LogP contribution in [0.4, 0.5) is 11.5 Å². The number of anilines is 2. The SMILES string of the molecule is CNC1CC(n2cc(C#N)c3ccc(N4CCN(c5ccc(C(C)=O)cc5)C[C@H]4C)nc32)C1. The van der Waals surface area contributed by atoms with Crippen LogP contribution in [-0.2, 0) is 0 Å². The van der Waals surface area contributed by atoms with Crippen molar-refractivity contribution in [2.45, 2.75) is 44.8 Å². The highest BCUT2D eigenvalue weighted by Crippen LogP contribution is 2.36. The first kappa shape index (κ1) is 21.5. The van der Waals surface area contributed by atoms with E-state index in [2.05, 4.69) is 44.8 Å². The number of nitrogens with one attached hydrogen (secondary N) is 1. The molecule has 2 aromatic heterocycles. The van der Waals surface area contributed by atoms with Crippen LogP contribution in [0.3, 0.4) is 0 Å². The molecule has 0 unspecified atom stereocenters. The van der Waals surface area contributed by atoms with Gasteiger partial charge in [0.2, 0.25) is 0 Å². The summed E-state index contributed by atoms with van der Waals surface area (Å²) in [6.07, 6.45) is 4.10. The minimum Gasteiger partial charge on any atom is -0.368 e. The van der Waals surface area contributed by atoms with Crippen molar-refractivity contribution in [1.82, 2.24) is 14.9 Å². The third kappa shape index (κ3) is 3.85. The average Bonchev–Trinajstić information content (AvgIpc) is 3.16. The molecule has 5 rings (SSSR count). The van der Waals surface area contributed by atoms with Gasteiger partial charge in [0, 0.05) is 60.6 Å². The molecule has 170 valence electrons. The summed E-state index contributed by atoms with van der Waals surface area (Å²) in [5.41, 5.74) is 3.50. The van der Waals surface area contributed by atoms with Gasteiger partial charge in [-0.15, -0.1) is 0 Å². The van der Waals surface area contributed by atoms with Crippen LogP contribution in [-0.4, -0.2) is 54.1 Å². The van der Waals surface area contributed by atoms with Gasteiger partial charge < -0.3 is 19.7 Å². The van der Waals surface area contributed by atoms with Crippen molar-refractivity contribution in [3.63, 3.8) is 0 Å². The second-order valence-electron chi connectivity index (χ2n) is 9.30. The normalized spacial score (nSPS) is 22.8. The van der Waals surface area contributed by atoms with Gasteiger partial charge >= 0.3 is 0 Å². The van der Waals surface area contributed by atoms with Gasteiger partial charge in [0.15, 0.2) is 5.78 Å². The van der Waals surface area contributed by atoms with Gasteiger partial charge in [-0.05, 0) is 70.1 Å². The van der Waals surface area contributed by atoms with E-state index in [4.69, 9.17) is 4.98 Å². The fraction of sp³-hybridized carbons (Fsp3) is 0.423. The first-order valence-corrected chi connectivity index (χ1v) is 11.7. The van der Waals surface area contributed by atoms with Gasteiger partial charge in [-0.25, -0.2) is 4.98 Å². The predicted molar refractivity (Wildman–Crippen MR) is 131 cm³/mol. The van der Waals surface area contributed by atoms with E-state index < -0.39 is 0 Å². The molecule has 7 heteroatoms. The van der Waals surface area contributed by atoms with Crippen LogP contribution in [0, 0.1) is 11.3 Å². The van der Waals surface area contributed by atoms with Crippen LogP contribution in [0.2, 0.25) is 0 Å². The third-order valence-corrected chi connectivity index (χ3v) is 7.26. The molecule has 0 amide bonds. The molecule has 1 N–H and O–H groups in total. The molecule has 2 fully saturated rings. The molecule has 7 nitrogen and oxygen atoms in total. The second kappa shape index (κ2) is 8.53. The minimum atomic E-state index is 0.0916. The number of hydrogen-bond donors (Lipinski definition) is 1. The van der Waals surface area contributed by atoms with Crippen molar-refractivity contribution >= 4 is 28.3 Å². The van der Waals surface area contributed by atoms with Crippen molar-refractivity contribution < 1.29 is 4.79 Å². The molecule has 0 radical (unpaired) electrons. The van der Waals surface area contributed by atoms with Crippen LogP contribution in [0.1, 0.15) is 48.7 Å². The number of benzene rings is 1. The van der Waals surface area contributed by atoms with Gasteiger partial charge in [-0.2, -0.15) is 5.26 Å². The Morgan fingerprint density at radius 2 is 1.91 bits per heavy atom. The second-order valence-corrected chi connectivity index (χ2v) is 9.30. The fourth-order valence-corrected chi connectivity index (χ4v) is 5.13. The average molecular weight is 443 g/mol. The highest BCUT2D eigenvalue weighted by atomic mass is 16.1. The lowest BCUT2D eigenvalue weighted by atomic mass is 9.87. The summed E-state index contributed by atoms with van der Waals surface area (Å²) in [6, 6.07) is 15.6. The largest absolute Gasteiger partial charge is 0.368 e. The number of ketones is 1. The summed E-state index contributed by atoms with van der Waals surface area (Å²) in [5.74, 6) is 1.06. The molecule has 0 spiro atoms. The molecular weight excluding hydrogens is 412 g/mol. The summed E-state index contributed by atoms with van der Waals surface area (Å²) in [7, 11) is 2.00. The first-order valence-electron chi connectivity index (χ1n) is 11.7. The molecule has 1 atom stereocenters. The van der Waals surface area contributed by atoms with E-state index >= 15 is 0 Å². The quantitative estimate of drug-likeness (QED) is 0.607. The van der Waals surface area contributed by atoms with Gasteiger partial charge in [0.05, 0.1) is 5.56 Å². The van der Waals surface area contributed by atoms with Gasteiger partial charge in [-0.1, -0.05) is 0 Å². The Morgan fingerprint density at radius 1 is 1.15 bits per heavy atom. The highest BCUT2D eigenvalue weighted by Gasteiger charge is 2.31. The summed E-state index contributed by atoms with van der Waals surface area (Å²) in [6.45, 7) is 6.46. The number of Topliss-reactive ketones (excluding diaryl/α,β-unsaturated/α-hetero) is 1. The van der Waals surface area contributed by atoms with E-state index in [9.17, 15) is 10.1 Å². The van der Waals surface area contributed by atoms with Crippen molar-refractivity contribution in [1.29, 1.82) is 5.26 Å². The van der Waals surface area contributed by atoms with Crippen LogP contribution in [0.5, 0.6) is 0 Å². The molecule has 1 saturated heterocycles. The number of fused-ring (bicyclic) bond motifs is 1. The Morgan fingerprint density at radius 3 is 2.55 bits per heavy atom.